The second kappa shape index (κ2) is 5.18. The van der Waals surface area contributed by atoms with Gasteiger partial charge in [0.1, 0.15) is 0 Å². The van der Waals surface area contributed by atoms with Crippen LogP contribution in [0.5, 0.6) is 0 Å². The Morgan fingerprint density at radius 1 is 1.09 bits per heavy atom. The van der Waals surface area contributed by atoms with E-state index in [9.17, 15) is 0 Å². The molecular formula is C18H20ClN3. The molecule has 0 unspecified atom stereocenters. The minimum Gasteiger partial charge on any atom is -0.361 e. The van der Waals surface area contributed by atoms with Crippen molar-refractivity contribution in [1.82, 2.24) is 0 Å². The zero-order chi connectivity index (χ0) is 15.3. The molecule has 2 aliphatic rings. The van der Waals surface area contributed by atoms with Crippen molar-refractivity contribution in [1.29, 1.82) is 0 Å². The lowest BCUT2D eigenvalue weighted by Crippen LogP contribution is -2.45. The summed E-state index contributed by atoms with van der Waals surface area (Å²) in [6, 6.07) is 15.1. The van der Waals surface area contributed by atoms with E-state index in [1.165, 1.54) is 22.6 Å². The van der Waals surface area contributed by atoms with Crippen LogP contribution in [0.4, 0.5) is 17.1 Å². The van der Waals surface area contributed by atoms with Crippen molar-refractivity contribution in [2.75, 3.05) is 23.4 Å². The summed E-state index contributed by atoms with van der Waals surface area (Å²) in [6.07, 6.45) is 2.19. The Kier molecular flexibility index (Phi) is 3.28. The molecule has 0 bridgehead atoms. The van der Waals surface area contributed by atoms with Crippen LogP contribution >= 0.6 is 11.6 Å². The molecule has 0 aliphatic carbocycles. The quantitative estimate of drug-likeness (QED) is 0.795. The smallest absolute Gasteiger partial charge is 0.0714 e. The van der Waals surface area contributed by atoms with Crippen molar-refractivity contribution < 1.29 is 0 Å². The van der Waals surface area contributed by atoms with Crippen LogP contribution in [0.25, 0.3) is 0 Å². The molecule has 4 rings (SSSR count). The number of nitrogens with zero attached hydrogens (tertiary/aromatic N) is 2. The van der Waals surface area contributed by atoms with Crippen molar-refractivity contribution in [3.63, 3.8) is 0 Å². The molecular weight excluding hydrogens is 294 g/mol. The maximum atomic E-state index is 6.52. The normalized spacial score (nSPS) is 23.4. The molecule has 3 nitrogen and oxygen atoms in total. The van der Waals surface area contributed by atoms with E-state index in [-0.39, 0.29) is 12.1 Å². The second-order valence-corrected chi connectivity index (χ2v) is 6.63. The monoisotopic (exact) mass is 313 g/mol. The summed E-state index contributed by atoms with van der Waals surface area (Å²) < 4.78 is 0. The highest BCUT2D eigenvalue weighted by Crippen LogP contribution is 2.47. The first kappa shape index (κ1) is 13.9. The first-order valence-corrected chi connectivity index (χ1v) is 8.19. The van der Waals surface area contributed by atoms with Crippen LogP contribution in [0.15, 0.2) is 42.5 Å². The lowest BCUT2D eigenvalue weighted by Gasteiger charge is -2.41. The molecule has 2 N–H and O–H groups in total. The lowest BCUT2D eigenvalue weighted by atomic mass is 9.90. The van der Waals surface area contributed by atoms with E-state index in [0.29, 0.717) is 0 Å². The van der Waals surface area contributed by atoms with Gasteiger partial charge < -0.3 is 15.5 Å². The Balaban J connectivity index is 1.99. The highest BCUT2D eigenvalue weighted by Gasteiger charge is 2.36. The molecule has 0 aromatic heterocycles. The molecule has 114 valence electrons. The van der Waals surface area contributed by atoms with Crippen LogP contribution in [0.1, 0.15) is 24.4 Å². The summed E-state index contributed by atoms with van der Waals surface area (Å²) in [4.78, 5) is 4.70. The SMILES string of the molecule is CN1c2ccccc2[C@H]2[C@@H](N)CCCN2c2cc(Cl)ccc21. The first-order valence-electron chi connectivity index (χ1n) is 7.81. The van der Waals surface area contributed by atoms with Crippen LogP contribution in [0.3, 0.4) is 0 Å². The van der Waals surface area contributed by atoms with Gasteiger partial charge in [-0.2, -0.15) is 0 Å². The van der Waals surface area contributed by atoms with Gasteiger partial charge in [-0.05, 0) is 42.7 Å². The molecule has 2 aliphatic heterocycles. The molecule has 1 saturated heterocycles. The number of fused-ring (bicyclic) bond motifs is 5. The largest absolute Gasteiger partial charge is 0.361 e. The van der Waals surface area contributed by atoms with Crippen molar-refractivity contribution in [2.45, 2.75) is 24.9 Å². The van der Waals surface area contributed by atoms with Crippen molar-refractivity contribution in [3.05, 3.63) is 53.1 Å². The number of para-hydroxylation sites is 1. The molecule has 2 atom stereocenters. The standard InChI is InChI=1S/C18H20ClN3/c1-21-15-7-3-2-5-13(15)18-14(20)6-4-10-22(18)17-11-12(19)8-9-16(17)21/h2-3,5,7-9,11,14,18H,4,6,10,20H2,1H3/t14-,18-/m0/s1. The van der Waals surface area contributed by atoms with Crippen LogP contribution < -0.4 is 15.5 Å². The third-order valence-electron chi connectivity index (χ3n) is 4.90. The van der Waals surface area contributed by atoms with Gasteiger partial charge in [-0.15, -0.1) is 0 Å². The zero-order valence-corrected chi connectivity index (χ0v) is 13.4. The van der Waals surface area contributed by atoms with Crippen LogP contribution in [-0.4, -0.2) is 19.6 Å². The van der Waals surface area contributed by atoms with E-state index in [0.717, 1.165) is 24.4 Å². The van der Waals surface area contributed by atoms with Gasteiger partial charge in [0, 0.05) is 30.3 Å². The number of benzene rings is 2. The van der Waals surface area contributed by atoms with Gasteiger partial charge in [0.15, 0.2) is 0 Å². The van der Waals surface area contributed by atoms with Crippen LogP contribution in [0.2, 0.25) is 5.02 Å². The predicted molar refractivity (Wildman–Crippen MR) is 93.3 cm³/mol. The Labute approximate surface area is 136 Å². The van der Waals surface area contributed by atoms with Crippen LogP contribution in [-0.2, 0) is 0 Å². The molecule has 2 heterocycles. The molecule has 0 spiro atoms. The number of rotatable bonds is 0. The Hall–Kier alpha value is -1.71. The highest BCUT2D eigenvalue weighted by molar-refractivity contribution is 6.31. The predicted octanol–water partition coefficient (Wildman–Crippen LogP) is 4.09. The molecule has 22 heavy (non-hydrogen) atoms. The van der Waals surface area contributed by atoms with Gasteiger partial charge in [0.2, 0.25) is 0 Å². The number of halogens is 1. The zero-order valence-electron chi connectivity index (χ0n) is 12.7. The molecule has 1 fully saturated rings. The summed E-state index contributed by atoms with van der Waals surface area (Å²) in [5.74, 6) is 0. The van der Waals surface area contributed by atoms with E-state index in [2.05, 4.69) is 53.2 Å². The average Bonchev–Trinajstić information content (AvgIpc) is 2.63. The molecule has 0 radical (unpaired) electrons. The van der Waals surface area contributed by atoms with Crippen molar-refractivity contribution >= 4 is 28.7 Å². The molecule has 2 aromatic rings. The third kappa shape index (κ3) is 2.00. The summed E-state index contributed by atoms with van der Waals surface area (Å²) >= 11 is 6.28. The van der Waals surface area contributed by atoms with Gasteiger partial charge in [-0.25, -0.2) is 0 Å². The maximum Gasteiger partial charge on any atom is 0.0714 e. The van der Waals surface area contributed by atoms with Gasteiger partial charge in [0.25, 0.3) is 0 Å². The Morgan fingerprint density at radius 2 is 1.91 bits per heavy atom. The minimum atomic E-state index is 0.147. The highest BCUT2D eigenvalue weighted by atomic mass is 35.5. The van der Waals surface area contributed by atoms with Gasteiger partial charge in [0.05, 0.1) is 17.4 Å². The number of hydrogen-bond donors (Lipinski definition) is 1. The summed E-state index contributed by atoms with van der Waals surface area (Å²) in [5, 5.41) is 0.774. The summed E-state index contributed by atoms with van der Waals surface area (Å²) in [5.41, 5.74) is 11.4. The summed E-state index contributed by atoms with van der Waals surface area (Å²) in [7, 11) is 2.12. The van der Waals surface area contributed by atoms with E-state index >= 15 is 0 Å². The number of nitrogens with two attached hydrogens (primary N) is 1. The van der Waals surface area contributed by atoms with Gasteiger partial charge >= 0.3 is 0 Å². The second-order valence-electron chi connectivity index (χ2n) is 6.20. The summed E-state index contributed by atoms with van der Waals surface area (Å²) in [6.45, 7) is 1.02. The Morgan fingerprint density at radius 3 is 2.77 bits per heavy atom. The average molecular weight is 314 g/mol. The maximum absolute atomic E-state index is 6.52. The molecule has 2 aromatic carbocycles. The molecule has 4 heteroatoms. The number of anilines is 3. The fraction of sp³-hybridized carbons (Fsp3) is 0.333. The lowest BCUT2D eigenvalue weighted by molar-refractivity contribution is 0.411. The van der Waals surface area contributed by atoms with E-state index < -0.39 is 0 Å². The fourth-order valence-corrected chi connectivity index (χ4v) is 4.04. The Bertz CT molecular complexity index is 715. The first-order chi connectivity index (χ1) is 10.7. The minimum absolute atomic E-state index is 0.147. The van der Waals surface area contributed by atoms with Crippen molar-refractivity contribution in [2.24, 2.45) is 5.73 Å². The van der Waals surface area contributed by atoms with Gasteiger partial charge in [-0.3, -0.25) is 0 Å². The third-order valence-corrected chi connectivity index (χ3v) is 5.14. The number of hydrogen-bond acceptors (Lipinski definition) is 3. The van der Waals surface area contributed by atoms with Gasteiger partial charge in [-0.1, -0.05) is 29.8 Å². The topological polar surface area (TPSA) is 32.5 Å². The molecule has 0 amide bonds. The number of piperidine rings is 1. The van der Waals surface area contributed by atoms with E-state index in [1.54, 1.807) is 0 Å². The van der Waals surface area contributed by atoms with Crippen LogP contribution in [0, 0.1) is 0 Å². The van der Waals surface area contributed by atoms with E-state index in [4.69, 9.17) is 17.3 Å². The van der Waals surface area contributed by atoms with E-state index in [1.807, 2.05) is 6.07 Å². The fourth-order valence-electron chi connectivity index (χ4n) is 3.88. The van der Waals surface area contributed by atoms with Crippen molar-refractivity contribution in [3.8, 4) is 0 Å². The molecule has 0 saturated carbocycles.